The molecule has 0 atom stereocenters. The Labute approximate surface area is 130 Å². The normalized spacial score (nSPS) is 11.2. The zero-order valence-electron chi connectivity index (χ0n) is 11.6. The molecule has 0 bridgehead atoms. The van der Waals surface area contributed by atoms with Crippen LogP contribution in [0.5, 0.6) is 0 Å². The molecule has 0 aliphatic carbocycles. The maximum absolute atomic E-state index is 12.4. The number of carbonyl (C=O) groups is 1. The number of aryl methyl sites for hydroxylation is 1. The third kappa shape index (κ3) is 2.72. The summed E-state index contributed by atoms with van der Waals surface area (Å²) >= 11 is 1.50. The van der Waals surface area contributed by atoms with Gasteiger partial charge in [0.15, 0.2) is 23.0 Å². The summed E-state index contributed by atoms with van der Waals surface area (Å²) < 4.78 is 7.56. The van der Waals surface area contributed by atoms with E-state index in [4.69, 9.17) is 0 Å². The van der Waals surface area contributed by atoms with E-state index in [1.165, 1.54) is 27.7 Å². The van der Waals surface area contributed by atoms with E-state index in [9.17, 15) is 9.59 Å². The minimum absolute atomic E-state index is 0.136. The minimum atomic E-state index is -0.499. The fraction of sp³-hybridized carbons (Fsp3) is 0.462. The van der Waals surface area contributed by atoms with E-state index in [1.807, 2.05) is 37.4 Å². The van der Waals surface area contributed by atoms with Gasteiger partial charge in [0.25, 0.3) is 5.56 Å². The van der Waals surface area contributed by atoms with E-state index in [-0.39, 0.29) is 18.0 Å². The number of aromatic nitrogens is 3. The average Bonchev–Trinajstić information content (AvgIpc) is 2.85. The van der Waals surface area contributed by atoms with Crippen LogP contribution in [0.4, 0.5) is 0 Å². The highest BCUT2D eigenvalue weighted by atomic mass is 127. The van der Waals surface area contributed by atoms with Crippen molar-refractivity contribution in [2.75, 3.05) is 0 Å². The van der Waals surface area contributed by atoms with Gasteiger partial charge in [-0.05, 0) is 18.1 Å². The Morgan fingerprint density at radius 2 is 2.20 bits per heavy atom. The van der Waals surface area contributed by atoms with Gasteiger partial charge in [-0.25, -0.2) is 9.48 Å². The average molecular weight is 389 g/mol. The summed E-state index contributed by atoms with van der Waals surface area (Å²) in [5, 5.41) is 4.30. The predicted molar refractivity (Wildman–Crippen MR) is 83.0 cm³/mol. The van der Waals surface area contributed by atoms with Crippen molar-refractivity contribution in [3.05, 3.63) is 34.0 Å². The number of rotatable bonds is 4. The smallest absolute Gasteiger partial charge is 0.337 e. The Morgan fingerprint density at radius 3 is 2.75 bits per heavy atom. The molecule has 0 unspecified atom stereocenters. The van der Waals surface area contributed by atoms with E-state index in [0.717, 1.165) is 17.8 Å². The first-order chi connectivity index (χ1) is 9.47. The van der Waals surface area contributed by atoms with Crippen molar-refractivity contribution in [1.82, 2.24) is 14.2 Å². The van der Waals surface area contributed by atoms with Crippen LogP contribution in [0, 0.1) is 0 Å². The molecule has 0 spiro atoms. The molecule has 20 heavy (non-hydrogen) atoms. The number of nitrogens with zero attached hydrogens (tertiary/aromatic N) is 3. The Bertz CT molecular complexity index is 703. The Kier molecular flexibility index (Phi) is 4.46. The molecule has 0 aliphatic heterocycles. The van der Waals surface area contributed by atoms with Gasteiger partial charge in [-0.2, -0.15) is 5.10 Å². The van der Waals surface area contributed by atoms with Gasteiger partial charge in [0, 0.05) is 12.1 Å². The highest BCUT2D eigenvalue weighted by Gasteiger charge is 2.16. The van der Waals surface area contributed by atoms with Gasteiger partial charge in [-0.1, -0.05) is 20.8 Å². The second-order valence-electron chi connectivity index (χ2n) is 4.88. The van der Waals surface area contributed by atoms with Crippen molar-refractivity contribution in [2.24, 2.45) is 0 Å². The summed E-state index contributed by atoms with van der Waals surface area (Å²) in [4.78, 5) is 23.7. The van der Waals surface area contributed by atoms with Crippen LogP contribution in [-0.4, -0.2) is 20.2 Å². The lowest BCUT2D eigenvalue weighted by atomic mass is 10.2. The van der Waals surface area contributed by atoms with Gasteiger partial charge >= 0.3 is 5.97 Å². The maximum Gasteiger partial charge on any atom is 0.337 e. The fourth-order valence-electron chi connectivity index (χ4n) is 2.06. The maximum atomic E-state index is 12.4. The molecule has 6 nitrogen and oxygen atoms in total. The molecule has 0 aromatic carbocycles. The SMILES string of the molecule is CCc1cc2c(=O)n(CC(=O)OI)nc(C(C)C)n2c1. The van der Waals surface area contributed by atoms with Gasteiger partial charge < -0.3 is 3.07 Å². The Hall–Kier alpha value is -1.38. The lowest BCUT2D eigenvalue weighted by Crippen LogP contribution is -2.30. The molecular formula is C13H16IN3O3. The first-order valence-electron chi connectivity index (χ1n) is 6.41. The second-order valence-corrected chi connectivity index (χ2v) is 5.32. The summed E-state index contributed by atoms with van der Waals surface area (Å²) in [7, 11) is 0. The van der Waals surface area contributed by atoms with E-state index in [1.54, 1.807) is 0 Å². The van der Waals surface area contributed by atoms with Gasteiger partial charge in [0.05, 0.1) is 0 Å². The zero-order chi connectivity index (χ0) is 14.9. The van der Waals surface area contributed by atoms with Crippen molar-refractivity contribution in [1.29, 1.82) is 0 Å². The van der Waals surface area contributed by atoms with Crippen LogP contribution < -0.4 is 5.56 Å². The van der Waals surface area contributed by atoms with Crippen LogP contribution in [0.15, 0.2) is 17.1 Å². The van der Waals surface area contributed by atoms with Crippen molar-refractivity contribution in [3.63, 3.8) is 0 Å². The van der Waals surface area contributed by atoms with E-state index in [0.29, 0.717) is 5.52 Å². The number of fused-ring (bicyclic) bond motifs is 1. The Morgan fingerprint density at radius 1 is 1.50 bits per heavy atom. The zero-order valence-corrected chi connectivity index (χ0v) is 13.7. The molecule has 2 aromatic heterocycles. The topological polar surface area (TPSA) is 65.6 Å². The number of hydrogen-bond acceptors (Lipinski definition) is 4. The highest BCUT2D eigenvalue weighted by molar-refractivity contribution is 14.1. The predicted octanol–water partition coefficient (Wildman–Crippen LogP) is 2.08. The molecule has 2 aromatic rings. The summed E-state index contributed by atoms with van der Waals surface area (Å²) in [6.45, 7) is 5.85. The molecule has 108 valence electrons. The number of halogens is 1. The summed E-state index contributed by atoms with van der Waals surface area (Å²) in [5.41, 5.74) is 1.33. The lowest BCUT2D eigenvalue weighted by Gasteiger charge is -2.11. The largest absolute Gasteiger partial charge is 0.393 e. The molecule has 2 heterocycles. The highest BCUT2D eigenvalue weighted by Crippen LogP contribution is 2.15. The monoisotopic (exact) mass is 389 g/mol. The van der Waals surface area contributed by atoms with Crippen LogP contribution in [0.2, 0.25) is 0 Å². The first-order valence-corrected chi connectivity index (χ1v) is 7.29. The molecule has 0 saturated heterocycles. The Balaban J connectivity index is 2.68. The van der Waals surface area contributed by atoms with Crippen molar-refractivity contribution >= 4 is 34.5 Å². The van der Waals surface area contributed by atoms with Crippen LogP contribution in [0.1, 0.15) is 38.1 Å². The van der Waals surface area contributed by atoms with E-state index in [2.05, 4.69) is 8.16 Å². The first kappa shape index (κ1) is 15.0. The van der Waals surface area contributed by atoms with Crippen LogP contribution >= 0.6 is 23.0 Å². The molecule has 0 N–H and O–H groups in total. The molecule has 0 amide bonds. The van der Waals surface area contributed by atoms with Gasteiger partial charge in [-0.15, -0.1) is 0 Å². The van der Waals surface area contributed by atoms with Crippen LogP contribution in [0.3, 0.4) is 0 Å². The number of hydrogen-bond donors (Lipinski definition) is 0. The molecule has 0 fully saturated rings. The van der Waals surface area contributed by atoms with Gasteiger partial charge in [-0.3, -0.25) is 9.20 Å². The molecular weight excluding hydrogens is 373 g/mol. The third-order valence-corrected chi connectivity index (χ3v) is 3.58. The lowest BCUT2D eigenvalue weighted by molar-refractivity contribution is -0.132. The standard InChI is InChI=1S/C13H16IN3O3/c1-4-9-5-10-13(19)17(7-11(18)20-14)15-12(8(2)3)16(10)6-9/h5-6,8H,4,7H2,1-3H3. The van der Waals surface area contributed by atoms with Crippen LogP contribution in [0.25, 0.3) is 5.52 Å². The summed E-state index contributed by atoms with van der Waals surface area (Å²) in [6.07, 6.45) is 2.77. The minimum Gasteiger partial charge on any atom is -0.393 e. The van der Waals surface area contributed by atoms with Crippen molar-refractivity contribution in [3.8, 4) is 0 Å². The quantitative estimate of drug-likeness (QED) is 0.752. The van der Waals surface area contributed by atoms with E-state index >= 15 is 0 Å². The van der Waals surface area contributed by atoms with Crippen molar-refractivity contribution < 1.29 is 7.86 Å². The van der Waals surface area contributed by atoms with Crippen molar-refractivity contribution in [2.45, 2.75) is 39.7 Å². The molecule has 0 saturated carbocycles. The van der Waals surface area contributed by atoms with Gasteiger partial charge in [0.2, 0.25) is 0 Å². The van der Waals surface area contributed by atoms with E-state index < -0.39 is 5.97 Å². The summed E-state index contributed by atoms with van der Waals surface area (Å²) in [6, 6.07) is 1.85. The van der Waals surface area contributed by atoms with Gasteiger partial charge in [0.1, 0.15) is 17.9 Å². The second kappa shape index (κ2) is 5.94. The third-order valence-electron chi connectivity index (χ3n) is 3.09. The molecule has 2 rings (SSSR count). The van der Waals surface area contributed by atoms with Crippen LogP contribution in [-0.2, 0) is 20.8 Å². The molecule has 7 heteroatoms. The fourth-order valence-corrected chi connectivity index (χ4v) is 2.20. The number of carbonyl (C=O) groups excluding carboxylic acids is 1. The summed E-state index contributed by atoms with van der Waals surface area (Å²) in [5.74, 6) is 0.388. The molecule has 0 radical (unpaired) electrons. The molecule has 0 aliphatic rings.